The molecule has 1 rings (SSSR count). The highest BCUT2D eigenvalue weighted by Crippen LogP contribution is 2.22. The van der Waals surface area contributed by atoms with Crippen molar-refractivity contribution >= 4 is 5.78 Å². The molecule has 1 aromatic rings. The number of hydrogen-bond acceptors (Lipinski definition) is 2. The Morgan fingerprint density at radius 1 is 1.11 bits per heavy atom. The Bertz CT molecular complexity index is 383. The number of benzene rings is 1. The van der Waals surface area contributed by atoms with Crippen molar-refractivity contribution in [1.82, 2.24) is 0 Å². The van der Waals surface area contributed by atoms with Crippen LogP contribution in [-0.2, 0) is 6.42 Å². The molecule has 0 bridgehead atoms. The molecule has 0 aromatic heterocycles. The van der Waals surface area contributed by atoms with E-state index in [0.717, 1.165) is 24.8 Å². The second-order valence-corrected chi connectivity index (χ2v) is 4.84. The Hall–Kier alpha value is -1.31. The van der Waals surface area contributed by atoms with Gasteiger partial charge in [-0.1, -0.05) is 39.2 Å². The number of hydrogen-bond donors (Lipinski definition) is 1. The molecule has 0 amide bonds. The van der Waals surface area contributed by atoms with Crippen LogP contribution < -0.4 is 0 Å². The molecule has 0 saturated heterocycles. The fraction of sp³-hybridized carbons (Fsp3) is 0.562. The van der Waals surface area contributed by atoms with Gasteiger partial charge in [-0.15, -0.1) is 0 Å². The smallest absolute Gasteiger partial charge is 0.166 e. The lowest BCUT2D eigenvalue weighted by Crippen LogP contribution is -2.00. The fourth-order valence-electron chi connectivity index (χ4n) is 2.08. The van der Waals surface area contributed by atoms with E-state index in [4.69, 9.17) is 0 Å². The third-order valence-electron chi connectivity index (χ3n) is 3.16. The van der Waals surface area contributed by atoms with Crippen LogP contribution >= 0.6 is 0 Å². The van der Waals surface area contributed by atoms with Gasteiger partial charge in [0.2, 0.25) is 0 Å². The number of Topliss-reactive ketones (excluding diaryl/α,β-unsaturated/α-hetero) is 1. The lowest BCUT2D eigenvalue weighted by Gasteiger charge is -2.07. The van der Waals surface area contributed by atoms with Crippen molar-refractivity contribution in [2.75, 3.05) is 0 Å². The summed E-state index contributed by atoms with van der Waals surface area (Å²) in [5.74, 6) is 0.163. The van der Waals surface area contributed by atoms with Crippen LogP contribution in [0.15, 0.2) is 18.2 Å². The van der Waals surface area contributed by atoms with Gasteiger partial charge in [0.25, 0.3) is 0 Å². The highest BCUT2D eigenvalue weighted by Gasteiger charge is 2.10. The minimum atomic E-state index is 0.0467. The topological polar surface area (TPSA) is 37.3 Å². The molecule has 0 spiro atoms. The van der Waals surface area contributed by atoms with Gasteiger partial charge in [0.15, 0.2) is 5.78 Å². The number of phenolic OH excluding ortho intramolecular Hbond substituents is 1. The number of phenols is 1. The van der Waals surface area contributed by atoms with Crippen LogP contribution in [0.4, 0.5) is 0 Å². The van der Waals surface area contributed by atoms with Crippen LogP contribution in [0.2, 0.25) is 0 Å². The molecule has 1 N–H and O–H groups in total. The Balaban J connectivity index is 2.65. The third kappa shape index (κ3) is 4.52. The van der Waals surface area contributed by atoms with E-state index < -0.39 is 0 Å². The molecule has 0 radical (unpaired) electrons. The summed E-state index contributed by atoms with van der Waals surface area (Å²) in [5.41, 5.74) is 1.65. The molecule has 0 heterocycles. The third-order valence-corrected chi connectivity index (χ3v) is 3.16. The van der Waals surface area contributed by atoms with Gasteiger partial charge in [-0.3, -0.25) is 4.79 Å². The van der Waals surface area contributed by atoms with Crippen LogP contribution in [-0.4, -0.2) is 10.9 Å². The second kappa shape index (κ2) is 7.91. The van der Waals surface area contributed by atoms with Gasteiger partial charge in [-0.2, -0.15) is 0 Å². The van der Waals surface area contributed by atoms with Crippen molar-refractivity contribution in [3.05, 3.63) is 29.3 Å². The molecule has 0 fully saturated rings. The highest BCUT2D eigenvalue weighted by molar-refractivity contribution is 5.98. The Morgan fingerprint density at radius 2 is 1.89 bits per heavy atom. The van der Waals surface area contributed by atoms with Crippen molar-refractivity contribution in [3.8, 4) is 5.75 Å². The highest BCUT2D eigenvalue weighted by atomic mass is 16.3. The standard InChI is InChI=1S/C16H24O2/c1-3-5-6-7-9-13-10-11-16(18)14(12-13)15(17)8-4-2/h10-12,18H,3-9H2,1-2H3. The average molecular weight is 248 g/mol. The quantitative estimate of drug-likeness (QED) is 0.543. The monoisotopic (exact) mass is 248 g/mol. The summed E-state index contributed by atoms with van der Waals surface area (Å²) in [7, 11) is 0. The molecular weight excluding hydrogens is 224 g/mol. The fourth-order valence-corrected chi connectivity index (χ4v) is 2.08. The van der Waals surface area contributed by atoms with Crippen LogP contribution in [0.5, 0.6) is 5.75 Å². The molecule has 100 valence electrons. The molecular formula is C16H24O2. The zero-order valence-electron chi connectivity index (χ0n) is 11.5. The zero-order chi connectivity index (χ0) is 13.4. The Kier molecular flexibility index (Phi) is 6.48. The van der Waals surface area contributed by atoms with Crippen LogP contribution in [0.1, 0.15) is 68.3 Å². The maximum absolute atomic E-state index is 11.8. The number of carbonyl (C=O) groups is 1. The molecule has 2 nitrogen and oxygen atoms in total. The summed E-state index contributed by atoms with van der Waals surface area (Å²) in [6, 6.07) is 5.43. The minimum absolute atomic E-state index is 0.0467. The van der Waals surface area contributed by atoms with Gasteiger partial charge in [0.05, 0.1) is 5.56 Å². The SMILES string of the molecule is CCCCCCc1ccc(O)c(C(=O)CCC)c1. The summed E-state index contributed by atoms with van der Waals surface area (Å²) < 4.78 is 0. The average Bonchev–Trinajstić information content (AvgIpc) is 2.36. The van der Waals surface area contributed by atoms with Crippen molar-refractivity contribution in [2.45, 2.75) is 58.8 Å². The largest absolute Gasteiger partial charge is 0.507 e. The zero-order valence-corrected chi connectivity index (χ0v) is 11.5. The first kappa shape index (κ1) is 14.7. The molecule has 1 aromatic carbocycles. The van der Waals surface area contributed by atoms with Gasteiger partial charge in [0.1, 0.15) is 5.75 Å². The summed E-state index contributed by atoms with van der Waals surface area (Å²) in [4.78, 5) is 11.8. The normalized spacial score (nSPS) is 10.6. The van der Waals surface area contributed by atoms with Crippen molar-refractivity contribution in [1.29, 1.82) is 0 Å². The van der Waals surface area contributed by atoms with Crippen molar-refractivity contribution in [3.63, 3.8) is 0 Å². The second-order valence-electron chi connectivity index (χ2n) is 4.84. The van der Waals surface area contributed by atoms with E-state index in [1.165, 1.54) is 19.3 Å². The summed E-state index contributed by atoms with van der Waals surface area (Å²) in [6.07, 6.45) is 7.20. The van der Waals surface area contributed by atoms with E-state index in [1.54, 1.807) is 6.07 Å². The Labute approximate surface area is 110 Å². The Morgan fingerprint density at radius 3 is 2.56 bits per heavy atom. The molecule has 0 aliphatic carbocycles. The lowest BCUT2D eigenvalue weighted by molar-refractivity contribution is 0.0979. The number of aromatic hydroxyl groups is 1. The maximum Gasteiger partial charge on any atom is 0.166 e. The van der Waals surface area contributed by atoms with E-state index in [9.17, 15) is 9.90 Å². The molecule has 2 heteroatoms. The number of rotatable bonds is 8. The van der Waals surface area contributed by atoms with E-state index >= 15 is 0 Å². The van der Waals surface area contributed by atoms with Gasteiger partial charge < -0.3 is 5.11 Å². The summed E-state index contributed by atoms with van der Waals surface area (Å²) >= 11 is 0. The molecule has 0 unspecified atom stereocenters. The number of unbranched alkanes of at least 4 members (excludes halogenated alkanes) is 3. The van der Waals surface area contributed by atoms with Gasteiger partial charge in [0, 0.05) is 6.42 Å². The first-order valence-electron chi connectivity index (χ1n) is 7.04. The summed E-state index contributed by atoms with van der Waals surface area (Å²) in [5, 5.41) is 9.72. The molecule has 0 aliphatic rings. The lowest BCUT2D eigenvalue weighted by atomic mass is 9.99. The van der Waals surface area contributed by atoms with Crippen molar-refractivity contribution in [2.24, 2.45) is 0 Å². The molecule has 18 heavy (non-hydrogen) atoms. The van der Waals surface area contributed by atoms with E-state index in [0.29, 0.717) is 12.0 Å². The first-order valence-corrected chi connectivity index (χ1v) is 7.04. The van der Waals surface area contributed by atoms with Crippen LogP contribution in [0.3, 0.4) is 0 Å². The molecule has 0 atom stereocenters. The first-order chi connectivity index (χ1) is 8.69. The van der Waals surface area contributed by atoms with Crippen LogP contribution in [0.25, 0.3) is 0 Å². The predicted molar refractivity (Wildman–Crippen MR) is 75.2 cm³/mol. The maximum atomic E-state index is 11.8. The summed E-state index contributed by atoms with van der Waals surface area (Å²) in [6.45, 7) is 4.17. The molecule has 0 aliphatic heterocycles. The van der Waals surface area contributed by atoms with E-state index in [1.807, 2.05) is 19.1 Å². The van der Waals surface area contributed by atoms with Gasteiger partial charge >= 0.3 is 0 Å². The van der Waals surface area contributed by atoms with E-state index in [-0.39, 0.29) is 11.5 Å². The number of carbonyl (C=O) groups excluding carboxylic acids is 1. The van der Waals surface area contributed by atoms with Crippen LogP contribution in [0, 0.1) is 0 Å². The molecule has 0 saturated carbocycles. The predicted octanol–water partition coefficient (Wildman–Crippen LogP) is 4.50. The van der Waals surface area contributed by atoms with Gasteiger partial charge in [-0.05, 0) is 37.0 Å². The van der Waals surface area contributed by atoms with Gasteiger partial charge in [-0.25, -0.2) is 0 Å². The number of ketones is 1. The van der Waals surface area contributed by atoms with E-state index in [2.05, 4.69) is 6.92 Å². The minimum Gasteiger partial charge on any atom is -0.507 e. The number of aryl methyl sites for hydroxylation is 1. The van der Waals surface area contributed by atoms with Crippen molar-refractivity contribution < 1.29 is 9.90 Å².